The van der Waals surface area contributed by atoms with Crippen LogP contribution in [0.2, 0.25) is 10.0 Å². The Balaban J connectivity index is 2.52. The van der Waals surface area contributed by atoms with Crippen molar-refractivity contribution in [1.29, 1.82) is 0 Å². The van der Waals surface area contributed by atoms with Gasteiger partial charge in [-0.15, -0.1) is 0 Å². The molecule has 0 N–H and O–H groups in total. The molecular weight excluding hydrogens is 432 g/mol. The molecule has 1 atom stereocenters. The minimum Gasteiger partial charge on any atom is -0.772 e. The number of halogens is 6. The first-order valence-electron chi connectivity index (χ1n) is 5.46. The number of hydrogen-bond acceptors (Lipinski definition) is 3. The minimum atomic E-state index is -4.58. The maximum atomic E-state index is 12.7. The molecule has 11 heteroatoms. The van der Waals surface area contributed by atoms with Crippen molar-refractivity contribution in [2.45, 2.75) is 11.9 Å². The fourth-order valence-corrected chi connectivity index (χ4v) is 3.40. The predicted molar refractivity (Wildman–Crippen MR) is 78.9 cm³/mol. The molecule has 1 aromatic heterocycles. The molecule has 1 aromatic carbocycles. The maximum absolute atomic E-state index is 12.7. The van der Waals surface area contributed by atoms with E-state index in [2.05, 4.69) is 21.0 Å². The Morgan fingerprint density at radius 2 is 1.86 bits per heavy atom. The van der Waals surface area contributed by atoms with Gasteiger partial charge in [-0.05, 0) is 28.1 Å². The lowest BCUT2D eigenvalue weighted by Gasteiger charge is -2.12. The van der Waals surface area contributed by atoms with Gasteiger partial charge in [0, 0.05) is 17.5 Å². The fraction of sp³-hybridized carbons (Fsp3) is 0.182. The lowest BCUT2D eigenvalue weighted by Crippen LogP contribution is -2.07. The van der Waals surface area contributed by atoms with Crippen LogP contribution in [0.15, 0.2) is 22.9 Å². The molecule has 0 amide bonds. The Hall–Kier alpha value is -0.610. The first-order valence-corrected chi connectivity index (χ1v) is 8.25. The molecule has 0 bridgehead atoms. The molecule has 1 unspecified atom stereocenters. The summed E-state index contributed by atoms with van der Waals surface area (Å²) < 4.78 is 60.8. The first-order chi connectivity index (χ1) is 10.1. The number of alkyl halides is 3. The van der Waals surface area contributed by atoms with E-state index in [-0.39, 0.29) is 26.1 Å². The van der Waals surface area contributed by atoms with Gasteiger partial charge in [-0.3, -0.25) is 4.21 Å². The van der Waals surface area contributed by atoms with E-state index in [1.54, 1.807) is 0 Å². The summed E-state index contributed by atoms with van der Waals surface area (Å²) in [5, 5.41) is 3.44. The highest BCUT2D eigenvalue weighted by molar-refractivity contribution is 9.10. The average Bonchev–Trinajstić information content (AvgIpc) is 2.67. The number of nitrogens with zero attached hydrogens (tertiary/aromatic N) is 2. The Morgan fingerprint density at radius 1 is 1.32 bits per heavy atom. The van der Waals surface area contributed by atoms with Crippen LogP contribution in [-0.2, 0) is 23.0 Å². The molecule has 0 fully saturated rings. The second-order valence-corrected chi connectivity index (χ2v) is 6.59. The van der Waals surface area contributed by atoms with E-state index in [0.717, 1.165) is 16.8 Å². The van der Waals surface area contributed by atoms with Gasteiger partial charge >= 0.3 is 6.18 Å². The lowest BCUT2D eigenvalue weighted by atomic mass is 10.2. The number of benzene rings is 1. The standard InChI is InChI=1S/C11H6BrCl2F3N2O2S/c12-10-5(4-22(20)21)3-19(18-10)9-7(13)1-6(2-8(9)14)11(15,16)17/h1-3H,4H2,(H,20,21)/p-1. The van der Waals surface area contributed by atoms with Gasteiger partial charge in [0.1, 0.15) is 10.3 Å². The summed E-state index contributed by atoms with van der Waals surface area (Å²) in [6.45, 7) is 0. The van der Waals surface area contributed by atoms with Crippen molar-refractivity contribution < 1.29 is 21.9 Å². The van der Waals surface area contributed by atoms with E-state index in [1.807, 2.05) is 0 Å². The third-order valence-corrected chi connectivity index (χ3v) is 4.38. The Morgan fingerprint density at radius 3 is 2.32 bits per heavy atom. The van der Waals surface area contributed by atoms with Gasteiger partial charge in [0.15, 0.2) is 0 Å². The summed E-state index contributed by atoms with van der Waals surface area (Å²) in [5.41, 5.74) is -0.640. The normalized spacial score (nSPS) is 13.4. The summed E-state index contributed by atoms with van der Waals surface area (Å²) in [6, 6.07) is 1.45. The molecule has 22 heavy (non-hydrogen) atoms. The summed E-state index contributed by atoms with van der Waals surface area (Å²) in [5.74, 6) is -0.309. The lowest BCUT2D eigenvalue weighted by molar-refractivity contribution is -0.137. The van der Waals surface area contributed by atoms with E-state index in [9.17, 15) is 21.9 Å². The zero-order valence-electron chi connectivity index (χ0n) is 10.3. The highest BCUT2D eigenvalue weighted by Crippen LogP contribution is 2.37. The molecule has 0 radical (unpaired) electrons. The molecule has 4 nitrogen and oxygen atoms in total. The highest BCUT2D eigenvalue weighted by atomic mass is 79.9. The molecule has 2 rings (SSSR count). The van der Waals surface area contributed by atoms with Crippen molar-refractivity contribution in [1.82, 2.24) is 9.78 Å². The van der Waals surface area contributed by atoms with Crippen molar-refractivity contribution in [3.8, 4) is 5.69 Å². The zero-order valence-corrected chi connectivity index (χ0v) is 14.2. The SMILES string of the molecule is O=S([O-])Cc1cn(-c2c(Cl)cc(C(F)(F)F)cc2Cl)nc1Br. The van der Waals surface area contributed by atoms with Crippen LogP contribution in [0.25, 0.3) is 5.69 Å². The molecular formula is C11H5BrCl2F3N2O2S-. The molecule has 2 aromatic rings. The van der Waals surface area contributed by atoms with E-state index in [4.69, 9.17) is 23.2 Å². The Bertz CT molecular complexity index is 728. The van der Waals surface area contributed by atoms with Crippen LogP contribution in [0, 0.1) is 0 Å². The molecule has 0 aliphatic heterocycles. The quantitative estimate of drug-likeness (QED) is 0.672. The van der Waals surface area contributed by atoms with E-state index in [0.29, 0.717) is 5.56 Å². The van der Waals surface area contributed by atoms with Gasteiger partial charge in [0.05, 0.1) is 15.6 Å². The topological polar surface area (TPSA) is 57.9 Å². The second-order valence-electron chi connectivity index (χ2n) is 4.12. The van der Waals surface area contributed by atoms with Crippen molar-refractivity contribution in [3.63, 3.8) is 0 Å². The molecule has 0 aliphatic rings. The van der Waals surface area contributed by atoms with Gasteiger partial charge in [0.2, 0.25) is 0 Å². The van der Waals surface area contributed by atoms with Crippen molar-refractivity contribution in [2.75, 3.05) is 0 Å². The van der Waals surface area contributed by atoms with Gasteiger partial charge in [-0.2, -0.15) is 18.3 Å². The molecule has 0 spiro atoms. The van der Waals surface area contributed by atoms with E-state index >= 15 is 0 Å². The first kappa shape index (κ1) is 17.7. The number of rotatable bonds is 3. The van der Waals surface area contributed by atoms with E-state index < -0.39 is 22.8 Å². The van der Waals surface area contributed by atoms with Crippen molar-refractivity contribution in [2.24, 2.45) is 0 Å². The Kier molecular flexibility index (Phi) is 5.23. The molecule has 0 saturated carbocycles. The summed E-state index contributed by atoms with van der Waals surface area (Å²) >= 11 is 12.4. The van der Waals surface area contributed by atoms with Gasteiger partial charge in [0.25, 0.3) is 0 Å². The maximum Gasteiger partial charge on any atom is 0.416 e. The average molecular weight is 437 g/mol. The van der Waals surface area contributed by atoms with Crippen molar-refractivity contribution in [3.05, 3.63) is 44.1 Å². The Labute approximate surface area is 143 Å². The van der Waals surface area contributed by atoms with Gasteiger partial charge in [-0.25, -0.2) is 4.68 Å². The van der Waals surface area contributed by atoms with Crippen molar-refractivity contribution >= 4 is 50.2 Å². The summed E-state index contributed by atoms with van der Waals surface area (Å²) in [6.07, 6.45) is -3.26. The fourth-order valence-electron chi connectivity index (χ4n) is 1.67. The van der Waals surface area contributed by atoms with Gasteiger partial charge < -0.3 is 4.55 Å². The van der Waals surface area contributed by atoms with Crippen LogP contribution >= 0.6 is 39.1 Å². The second kappa shape index (κ2) is 6.48. The molecule has 0 saturated heterocycles. The molecule has 1 heterocycles. The van der Waals surface area contributed by atoms with Crippen LogP contribution < -0.4 is 0 Å². The summed E-state index contributed by atoms with van der Waals surface area (Å²) in [7, 11) is 0. The van der Waals surface area contributed by atoms with Crippen LogP contribution in [0.4, 0.5) is 13.2 Å². The van der Waals surface area contributed by atoms with Crippen LogP contribution in [0.3, 0.4) is 0 Å². The molecule has 0 aliphatic carbocycles. The number of hydrogen-bond donors (Lipinski definition) is 0. The summed E-state index contributed by atoms with van der Waals surface area (Å²) in [4.78, 5) is 0. The predicted octanol–water partition coefficient (Wildman–Crippen LogP) is 4.34. The largest absolute Gasteiger partial charge is 0.772 e. The zero-order chi connectivity index (χ0) is 16.7. The van der Waals surface area contributed by atoms with E-state index in [1.165, 1.54) is 6.20 Å². The molecule has 120 valence electrons. The van der Waals surface area contributed by atoms with Gasteiger partial charge in [-0.1, -0.05) is 34.3 Å². The van der Waals surface area contributed by atoms with Crippen LogP contribution in [0.1, 0.15) is 11.1 Å². The van der Waals surface area contributed by atoms with Crippen LogP contribution in [-0.4, -0.2) is 18.5 Å². The third kappa shape index (κ3) is 3.83. The third-order valence-electron chi connectivity index (χ3n) is 2.59. The smallest absolute Gasteiger partial charge is 0.416 e. The highest BCUT2D eigenvalue weighted by Gasteiger charge is 2.32. The van der Waals surface area contributed by atoms with Crippen LogP contribution in [0.5, 0.6) is 0 Å². The monoisotopic (exact) mass is 435 g/mol. The minimum absolute atomic E-state index is 0.0277. The number of aromatic nitrogens is 2.